The van der Waals surface area contributed by atoms with Gasteiger partial charge in [0.25, 0.3) is 5.91 Å². The number of alkyl halides is 3. The van der Waals surface area contributed by atoms with Gasteiger partial charge >= 0.3 is 6.18 Å². The minimum atomic E-state index is -4.44. The minimum absolute atomic E-state index is 0.134. The standard InChI is InChI=1S/C23H25F3N4O2/c1-2-30-16-17(14-27-30)15-28-9-4-10-29(12-11-28)22(31)21-8-7-20(32-21)18-5-3-6-19(13-18)23(24,25)26/h3,5-8,13-14,16H,2,4,9-12,15H2,1H3. The summed E-state index contributed by atoms with van der Waals surface area (Å²) in [6, 6.07) is 7.97. The third-order valence-electron chi connectivity index (χ3n) is 5.58. The molecule has 0 atom stereocenters. The van der Waals surface area contributed by atoms with E-state index in [2.05, 4.69) is 10.00 Å². The monoisotopic (exact) mass is 446 g/mol. The maximum absolute atomic E-state index is 13.0. The van der Waals surface area contributed by atoms with Gasteiger partial charge in [-0.15, -0.1) is 0 Å². The first kappa shape index (κ1) is 22.1. The summed E-state index contributed by atoms with van der Waals surface area (Å²) in [5, 5.41) is 4.30. The number of aromatic nitrogens is 2. The second-order valence-corrected chi connectivity index (χ2v) is 7.87. The fourth-order valence-electron chi connectivity index (χ4n) is 3.86. The molecule has 1 amide bonds. The summed E-state index contributed by atoms with van der Waals surface area (Å²) in [5.41, 5.74) is 0.674. The molecule has 3 aromatic rings. The maximum Gasteiger partial charge on any atom is 0.416 e. The molecule has 0 saturated carbocycles. The topological polar surface area (TPSA) is 54.5 Å². The van der Waals surface area contributed by atoms with E-state index in [1.54, 1.807) is 4.90 Å². The van der Waals surface area contributed by atoms with Gasteiger partial charge < -0.3 is 9.32 Å². The number of benzene rings is 1. The highest BCUT2D eigenvalue weighted by Crippen LogP contribution is 2.32. The second kappa shape index (κ2) is 9.20. The van der Waals surface area contributed by atoms with Gasteiger partial charge in [0.05, 0.1) is 11.8 Å². The average Bonchev–Trinajstić information content (AvgIpc) is 3.39. The summed E-state index contributed by atoms with van der Waals surface area (Å²) in [6.07, 6.45) is 0.296. The highest BCUT2D eigenvalue weighted by molar-refractivity contribution is 5.92. The Bertz CT molecular complexity index is 1070. The summed E-state index contributed by atoms with van der Waals surface area (Å²) in [4.78, 5) is 17.0. The number of furan rings is 1. The molecular weight excluding hydrogens is 421 g/mol. The van der Waals surface area contributed by atoms with Crippen molar-refractivity contribution in [2.24, 2.45) is 0 Å². The molecule has 0 bridgehead atoms. The molecule has 0 spiro atoms. The van der Waals surface area contributed by atoms with Crippen LogP contribution in [-0.4, -0.2) is 51.7 Å². The lowest BCUT2D eigenvalue weighted by molar-refractivity contribution is -0.137. The molecule has 1 aliphatic heterocycles. The SMILES string of the molecule is CCn1cc(CN2CCCN(C(=O)c3ccc(-c4cccc(C(F)(F)F)c4)o3)CC2)cn1. The van der Waals surface area contributed by atoms with E-state index in [-0.39, 0.29) is 23.0 Å². The van der Waals surface area contributed by atoms with Gasteiger partial charge in [0.1, 0.15) is 5.76 Å². The van der Waals surface area contributed by atoms with Crippen LogP contribution in [0.4, 0.5) is 13.2 Å². The number of carbonyl (C=O) groups excluding carboxylic acids is 1. The third-order valence-corrected chi connectivity index (χ3v) is 5.58. The highest BCUT2D eigenvalue weighted by atomic mass is 19.4. The molecule has 1 aromatic carbocycles. The van der Waals surface area contributed by atoms with Gasteiger partial charge in [-0.3, -0.25) is 14.4 Å². The van der Waals surface area contributed by atoms with Crippen LogP contribution in [0.5, 0.6) is 0 Å². The van der Waals surface area contributed by atoms with Gasteiger partial charge in [0, 0.05) is 56.6 Å². The smallest absolute Gasteiger partial charge is 0.416 e. The third kappa shape index (κ3) is 5.04. The van der Waals surface area contributed by atoms with Crippen LogP contribution >= 0.6 is 0 Å². The van der Waals surface area contributed by atoms with E-state index in [1.807, 2.05) is 24.0 Å². The van der Waals surface area contributed by atoms with E-state index in [9.17, 15) is 18.0 Å². The van der Waals surface area contributed by atoms with Crippen molar-refractivity contribution in [3.63, 3.8) is 0 Å². The molecule has 2 aromatic heterocycles. The Morgan fingerprint density at radius 2 is 1.97 bits per heavy atom. The lowest BCUT2D eigenvalue weighted by atomic mass is 10.1. The first-order chi connectivity index (χ1) is 15.3. The fourth-order valence-corrected chi connectivity index (χ4v) is 3.86. The second-order valence-electron chi connectivity index (χ2n) is 7.87. The molecule has 1 fully saturated rings. The summed E-state index contributed by atoms with van der Waals surface area (Å²) >= 11 is 0. The van der Waals surface area contributed by atoms with Gasteiger partial charge in [0.2, 0.25) is 0 Å². The van der Waals surface area contributed by atoms with Crippen molar-refractivity contribution in [1.29, 1.82) is 0 Å². The zero-order valence-electron chi connectivity index (χ0n) is 17.8. The van der Waals surface area contributed by atoms with Gasteiger partial charge in [-0.05, 0) is 37.6 Å². The molecular formula is C23H25F3N4O2. The van der Waals surface area contributed by atoms with Crippen molar-refractivity contribution in [1.82, 2.24) is 19.6 Å². The quantitative estimate of drug-likeness (QED) is 0.578. The maximum atomic E-state index is 13.0. The Kier molecular flexibility index (Phi) is 6.36. The minimum Gasteiger partial charge on any atom is -0.451 e. The number of amides is 1. The summed E-state index contributed by atoms with van der Waals surface area (Å²) in [7, 11) is 0. The van der Waals surface area contributed by atoms with Gasteiger partial charge in [-0.2, -0.15) is 18.3 Å². The molecule has 0 N–H and O–H groups in total. The Hall–Kier alpha value is -3.07. The Morgan fingerprint density at radius 1 is 1.12 bits per heavy atom. The number of nitrogens with zero attached hydrogens (tertiary/aromatic N) is 4. The van der Waals surface area contributed by atoms with E-state index in [4.69, 9.17) is 4.42 Å². The molecule has 1 aliphatic rings. The van der Waals surface area contributed by atoms with Crippen LogP contribution in [0, 0.1) is 0 Å². The zero-order valence-corrected chi connectivity index (χ0v) is 17.8. The van der Waals surface area contributed by atoms with E-state index in [0.717, 1.165) is 50.3 Å². The van der Waals surface area contributed by atoms with Gasteiger partial charge in [-0.1, -0.05) is 12.1 Å². The molecule has 32 heavy (non-hydrogen) atoms. The van der Waals surface area contributed by atoms with Crippen LogP contribution in [0.25, 0.3) is 11.3 Å². The van der Waals surface area contributed by atoms with Crippen LogP contribution in [-0.2, 0) is 19.3 Å². The van der Waals surface area contributed by atoms with Crippen molar-refractivity contribution in [2.75, 3.05) is 26.2 Å². The van der Waals surface area contributed by atoms with Crippen molar-refractivity contribution in [2.45, 2.75) is 32.6 Å². The lowest BCUT2D eigenvalue weighted by Crippen LogP contribution is -2.34. The van der Waals surface area contributed by atoms with E-state index in [0.29, 0.717) is 13.1 Å². The van der Waals surface area contributed by atoms with Crippen LogP contribution in [0.2, 0.25) is 0 Å². The molecule has 0 radical (unpaired) electrons. The van der Waals surface area contributed by atoms with E-state index < -0.39 is 11.7 Å². The zero-order chi connectivity index (χ0) is 22.7. The summed E-state index contributed by atoms with van der Waals surface area (Å²) < 4.78 is 46.5. The molecule has 9 heteroatoms. The molecule has 6 nitrogen and oxygen atoms in total. The molecule has 0 unspecified atom stereocenters. The average molecular weight is 446 g/mol. The molecule has 170 valence electrons. The summed E-state index contributed by atoms with van der Waals surface area (Å²) in [5.74, 6) is 0.128. The van der Waals surface area contributed by atoms with Crippen LogP contribution in [0.1, 0.15) is 35.0 Å². The van der Waals surface area contributed by atoms with Crippen molar-refractivity contribution < 1.29 is 22.4 Å². The number of carbonyl (C=O) groups is 1. The largest absolute Gasteiger partial charge is 0.451 e. The Labute approximate surface area is 184 Å². The van der Waals surface area contributed by atoms with Crippen molar-refractivity contribution >= 4 is 5.91 Å². The number of hydrogen-bond donors (Lipinski definition) is 0. The number of rotatable bonds is 5. The van der Waals surface area contributed by atoms with E-state index in [1.165, 1.54) is 24.3 Å². The molecule has 1 saturated heterocycles. The first-order valence-electron chi connectivity index (χ1n) is 10.6. The van der Waals surface area contributed by atoms with Crippen molar-refractivity contribution in [3.8, 4) is 11.3 Å². The number of hydrogen-bond acceptors (Lipinski definition) is 4. The van der Waals surface area contributed by atoms with Crippen LogP contribution in [0.3, 0.4) is 0 Å². The normalized spacial score (nSPS) is 15.7. The predicted octanol–water partition coefficient (Wildman–Crippen LogP) is 4.53. The van der Waals surface area contributed by atoms with Gasteiger partial charge in [0.15, 0.2) is 5.76 Å². The fraction of sp³-hybridized carbons (Fsp3) is 0.391. The Balaban J connectivity index is 1.40. The van der Waals surface area contributed by atoms with Crippen LogP contribution in [0.15, 0.2) is 53.2 Å². The van der Waals surface area contributed by atoms with Crippen molar-refractivity contribution in [3.05, 3.63) is 65.7 Å². The van der Waals surface area contributed by atoms with E-state index >= 15 is 0 Å². The molecule has 0 aliphatic carbocycles. The number of aryl methyl sites for hydroxylation is 1. The van der Waals surface area contributed by atoms with Gasteiger partial charge in [-0.25, -0.2) is 0 Å². The predicted molar refractivity (Wildman–Crippen MR) is 113 cm³/mol. The lowest BCUT2D eigenvalue weighted by Gasteiger charge is -2.21. The molecule has 4 rings (SSSR count). The van der Waals surface area contributed by atoms with Crippen LogP contribution < -0.4 is 0 Å². The Morgan fingerprint density at radius 3 is 2.72 bits per heavy atom. The summed E-state index contributed by atoms with van der Waals surface area (Å²) in [6.45, 7) is 6.40. The number of halogens is 3. The molecule has 3 heterocycles. The highest BCUT2D eigenvalue weighted by Gasteiger charge is 2.31. The first-order valence-corrected chi connectivity index (χ1v) is 10.6.